The Hall–Kier alpha value is -2.61. The van der Waals surface area contributed by atoms with Gasteiger partial charge in [-0.05, 0) is 65.9 Å². The molecular formula is C21H19FO. The average molecular weight is 306 g/mol. The Kier molecular flexibility index (Phi) is 4.42. The molecule has 0 heterocycles. The number of ether oxygens (including phenoxy) is 1. The summed E-state index contributed by atoms with van der Waals surface area (Å²) in [4.78, 5) is 0. The van der Waals surface area contributed by atoms with Gasteiger partial charge in [0.1, 0.15) is 18.2 Å². The van der Waals surface area contributed by atoms with Crippen molar-refractivity contribution in [1.29, 1.82) is 0 Å². The van der Waals surface area contributed by atoms with Crippen LogP contribution in [0.5, 0.6) is 5.75 Å². The van der Waals surface area contributed by atoms with Crippen LogP contribution in [0.4, 0.5) is 4.39 Å². The van der Waals surface area contributed by atoms with Crippen LogP contribution in [-0.2, 0) is 6.61 Å². The number of aryl methyl sites for hydroxylation is 2. The van der Waals surface area contributed by atoms with Crippen molar-refractivity contribution >= 4 is 0 Å². The van der Waals surface area contributed by atoms with Crippen LogP contribution in [0.3, 0.4) is 0 Å². The minimum Gasteiger partial charge on any atom is -0.489 e. The molecule has 0 aromatic heterocycles. The molecule has 0 amide bonds. The van der Waals surface area contributed by atoms with Crippen molar-refractivity contribution in [3.8, 4) is 16.9 Å². The molecule has 0 fully saturated rings. The van der Waals surface area contributed by atoms with E-state index in [4.69, 9.17) is 4.74 Å². The lowest BCUT2D eigenvalue weighted by molar-refractivity contribution is 0.306. The van der Waals surface area contributed by atoms with Crippen molar-refractivity contribution in [2.75, 3.05) is 0 Å². The highest BCUT2D eigenvalue weighted by atomic mass is 19.1. The maximum atomic E-state index is 13.1. The molecule has 0 aliphatic heterocycles. The maximum Gasteiger partial charge on any atom is 0.123 e. The summed E-state index contributed by atoms with van der Waals surface area (Å²) in [7, 11) is 0. The second-order valence-corrected chi connectivity index (χ2v) is 5.71. The van der Waals surface area contributed by atoms with Crippen LogP contribution in [0.1, 0.15) is 16.7 Å². The van der Waals surface area contributed by atoms with Gasteiger partial charge in [0.25, 0.3) is 0 Å². The van der Waals surface area contributed by atoms with E-state index < -0.39 is 0 Å². The van der Waals surface area contributed by atoms with E-state index in [0.29, 0.717) is 6.61 Å². The third kappa shape index (κ3) is 3.59. The molecule has 0 N–H and O–H groups in total. The van der Waals surface area contributed by atoms with Crippen molar-refractivity contribution in [1.82, 2.24) is 0 Å². The third-order valence-corrected chi connectivity index (χ3v) is 3.89. The highest BCUT2D eigenvalue weighted by molar-refractivity contribution is 5.71. The van der Waals surface area contributed by atoms with Gasteiger partial charge in [0.15, 0.2) is 0 Å². The lowest BCUT2D eigenvalue weighted by atomic mass is 9.95. The van der Waals surface area contributed by atoms with E-state index >= 15 is 0 Å². The Morgan fingerprint density at radius 2 is 1.43 bits per heavy atom. The summed E-state index contributed by atoms with van der Waals surface area (Å²) in [5.41, 5.74) is 5.55. The largest absolute Gasteiger partial charge is 0.489 e. The Morgan fingerprint density at radius 3 is 2.04 bits per heavy atom. The average Bonchev–Trinajstić information content (AvgIpc) is 2.55. The summed E-state index contributed by atoms with van der Waals surface area (Å²) in [6.07, 6.45) is 0. The maximum absolute atomic E-state index is 13.1. The summed E-state index contributed by atoms with van der Waals surface area (Å²) >= 11 is 0. The minimum atomic E-state index is -0.216. The quantitative estimate of drug-likeness (QED) is 0.602. The van der Waals surface area contributed by atoms with Crippen LogP contribution >= 0.6 is 0 Å². The zero-order valence-electron chi connectivity index (χ0n) is 13.3. The van der Waals surface area contributed by atoms with Gasteiger partial charge in [-0.3, -0.25) is 0 Å². The predicted molar refractivity (Wildman–Crippen MR) is 92.1 cm³/mol. The smallest absolute Gasteiger partial charge is 0.123 e. The Labute approximate surface area is 136 Å². The second-order valence-electron chi connectivity index (χ2n) is 5.71. The van der Waals surface area contributed by atoms with Crippen LogP contribution in [0.2, 0.25) is 0 Å². The van der Waals surface area contributed by atoms with Gasteiger partial charge in [0.05, 0.1) is 0 Å². The standard InChI is InChI=1S/C21H19FO/c1-15-12-20(23-14-17-6-4-3-5-7-17)13-16(2)21(15)18-8-10-19(22)11-9-18/h3-13H,14H2,1-2H3. The highest BCUT2D eigenvalue weighted by Crippen LogP contribution is 2.31. The van der Waals surface area contributed by atoms with Gasteiger partial charge in [-0.1, -0.05) is 42.5 Å². The molecule has 23 heavy (non-hydrogen) atoms. The summed E-state index contributed by atoms with van der Waals surface area (Å²) in [5, 5.41) is 0. The summed E-state index contributed by atoms with van der Waals surface area (Å²) in [5.74, 6) is 0.640. The molecule has 3 aromatic rings. The SMILES string of the molecule is Cc1cc(OCc2ccccc2)cc(C)c1-c1ccc(F)cc1. The predicted octanol–water partition coefficient (Wildman–Crippen LogP) is 5.69. The second kappa shape index (κ2) is 6.66. The summed E-state index contributed by atoms with van der Waals surface area (Å²) in [6, 6.07) is 20.8. The number of hydrogen-bond donors (Lipinski definition) is 0. The first-order valence-corrected chi connectivity index (χ1v) is 7.67. The van der Waals surface area contributed by atoms with E-state index in [1.165, 1.54) is 12.1 Å². The molecule has 2 heteroatoms. The van der Waals surface area contributed by atoms with Gasteiger partial charge in [-0.2, -0.15) is 0 Å². The van der Waals surface area contributed by atoms with Crippen molar-refractivity contribution < 1.29 is 9.13 Å². The molecule has 0 bridgehead atoms. The van der Waals surface area contributed by atoms with Gasteiger partial charge < -0.3 is 4.74 Å². The summed E-state index contributed by atoms with van der Waals surface area (Å²) < 4.78 is 19.0. The third-order valence-electron chi connectivity index (χ3n) is 3.89. The van der Waals surface area contributed by atoms with Crippen LogP contribution in [0.15, 0.2) is 66.7 Å². The zero-order chi connectivity index (χ0) is 16.2. The topological polar surface area (TPSA) is 9.23 Å². The van der Waals surface area contributed by atoms with Gasteiger partial charge in [-0.15, -0.1) is 0 Å². The van der Waals surface area contributed by atoms with Crippen LogP contribution in [0, 0.1) is 19.7 Å². The molecule has 0 aliphatic carbocycles. The van der Waals surface area contributed by atoms with Crippen LogP contribution in [-0.4, -0.2) is 0 Å². The van der Waals surface area contributed by atoms with Crippen molar-refractivity contribution in [3.63, 3.8) is 0 Å². The summed E-state index contributed by atoms with van der Waals surface area (Å²) in [6.45, 7) is 4.66. The van der Waals surface area contributed by atoms with Gasteiger partial charge in [-0.25, -0.2) is 4.39 Å². The number of rotatable bonds is 4. The van der Waals surface area contributed by atoms with E-state index in [2.05, 4.69) is 13.8 Å². The molecule has 116 valence electrons. The lowest BCUT2D eigenvalue weighted by Gasteiger charge is -2.14. The Morgan fingerprint density at radius 1 is 0.826 bits per heavy atom. The molecule has 0 saturated heterocycles. The van der Waals surface area contributed by atoms with Crippen molar-refractivity contribution in [2.24, 2.45) is 0 Å². The molecule has 0 saturated carbocycles. The molecular weight excluding hydrogens is 287 g/mol. The minimum absolute atomic E-state index is 0.216. The molecule has 0 unspecified atom stereocenters. The van der Waals surface area contributed by atoms with Crippen molar-refractivity contribution in [2.45, 2.75) is 20.5 Å². The fourth-order valence-electron chi connectivity index (χ4n) is 2.82. The molecule has 0 atom stereocenters. The van der Waals surface area contributed by atoms with E-state index in [9.17, 15) is 4.39 Å². The number of benzene rings is 3. The van der Waals surface area contributed by atoms with E-state index in [1.807, 2.05) is 54.6 Å². The normalized spacial score (nSPS) is 10.6. The molecule has 3 aromatic carbocycles. The molecule has 1 nitrogen and oxygen atoms in total. The van der Waals surface area contributed by atoms with Crippen LogP contribution < -0.4 is 4.74 Å². The fraction of sp³-hybridized carbons (Fsp3) is 0.143. The first-order valence-electron chi connectivity index (χ1n) is 7.67. The van der Waals surface area contributed by atoms with Gasteiger partial charge in [0, 0.05) is 0 Å². The van der Waals surface area contributed by atoms with E-state index in [-0.39, 0.29) is 5.82 Å². The van der Waals surface area contributed by atoms with Crippen molar-refractivity contribution in [3.05, 3.63) is 89.2 Å². The van der Waals surface area contributed by atoms with Gasteiger partial charge >= 0.3 is 0 Å². The number of halogens is 1. The molecule has 3 rings (SSSR count). The molecule has 0 spiro atoms. The monoisotopic (exact) mass is 306 g/mol. The van der Waals surface area contributed by atoms with Crippen LogP contribution in [0.25, 0.3) is 11.1 Å². The first kappa shape index (κ1) is 15.3. The Bertz CT molecular complexity index is 769. The molecule has 0 aliphatic rings. The fourth-order valence-corrected chi connectivity index (χ4v) is 2.82. The first-order chi connectivity index (χ1) is 11.1. The molecule has 0 radical (unpaired) electrons. The van der Waals surface area contributed by atoms with E-state index in [0.717, 1.165) is 33.6 Å². The van der Waals surface area contributed by atoms with Gasteiger partial charge in [0.2, 0.25) is 0 Å². The highest BCUT2D eigenvalue weighted by Gasteiger charge is 2.09. The van der Waals surface area contributed by atoms with E-state index in [1.54, 1.807) is 0 Å². The lowest BCUT2D eigenvalue weighted by Crippen LogP contribution is -1.97. The zero-order valence-corrected chi connectivity index (χ0v) is 13.3. The number of hydrogen-bond acceptors (Lipinski definition) is 1. The Balaban J connectivity index is 1.84.